The van der Waals surface area contributed by atoms with Gasteiger partial charge in [-0.1, -0.05) is 6.92 Å². The summed E-state index contributed by atoms with van der Waals surface area (Å²) in [6.45, 7) is 9.42. The van der Waals surface area contributed by atoms with Crippen molar-refractivity contribution in [3.63, 3.8) is 0 Å². The molecule has 0 saturated carbocycles. The Hall–Kier alpha value is -1.62. The lowest BCUT2D eigenvalue weighted by Gasteiger charge is -2.30. The summed E-state index contributed by atoms with van der Waals surface area (Å²) < 4.78 is 0. The first-order valence-electron chi connectivity index (χ1n) is 7.71. The molecule has 0 radical (unpaired) electrons. The average Bonchev–Trinajstić information content (AvgIpc) is 2.84. The van der Waals surface area contributed by atoms with E-state index in [0.29, 0.717) is 6.04 Å². The fourth-order valence-corrected chi connectivity index (χ4v) is 3.35. The van der Waals surface area contributed by atoms with Crippen LogP contribution in [0.1, 0.15) is 36.6 Å². The smallest absolute Gasteiger partial charge is 0.139 e. The number of nitrogens with two attached hydrogens (primary N) is 1. The molecule has 1 saturated heterocycles. The standard InChI is InChI=1S/C16H27N5/c1-5-21-8-6-7-13(21)10-20(4)16-14(15(17)18)11(2)9-12(3)19-16/h9,13H,5-8,10H2,1-4H3,(H3,17,18). The van der Waals surface area contributed by atoms with Crippen molar-refractivity contribution in [1.82, 2.24) is 9.88 Å². The van der Waals surface area contributed by atoms with Crippen LogP contribution in [0.25, 0.3) is 0 Å². The number of amidine groups is 1. The van der Waals surface area contributed by atoms with Gasteiger partial charge in [0.2, 0.25) is 0 Å². The molecule has 1 aliphatic heterocycles. The third-order valence-corrected chi connectivity index (χ3v) is 4.35. The van der Waals surface area contributed by atoms with E-state index in [-0.39, 0.29) is 5.84 Å². The van der Waals surface area contributed by atoms with E-state index >= 15 is 0 Å². The molecule has 1 aromatic heterocycles. The van der Waals surface area contributed by atoms with Crippen LogP contribution in [0.4, 0.5) is 5.82 Å². The molecule has 3 N–H and O–H groups in total. The maximum absolute atomic E-state index is 7.84. The summed E-state index contributed by atoms with van der Waals surface area (Å²) in [5.74, 6) is 0.934. The van der Waals surface area contributed by atoms with Crippen LogP contribution in [0.3, 0.4) is 0 Å². The highest BCUT2D eigenvalue weighted by Crippen LogP contribution is 2.24. The predicted octanol–water partition coefficient (Wildman–Crippen LogP) is 1.90. The molecule has 2 heterocycles. The van der Waals surface area contributed by atoms with Gasteiger partial charge in [-0.15, -0.1) is 0 Å². The third kappa shape index (κ3) is 3.35. The van der Waals surface area contributed by atoms with E-state index in [1.165, 1.54) is 19.4 Å². The lowest BCUT2D eigenvalue weighted by molar-refractivity contribution is 0.270. The first-order valence-corrected chi connectivity index (χ1v) is 7.71. The fraction of sp³-hybridized carbons (Fsp3) is 0.625. The van der Waals surface area contributed by atoms with Gasteiger partial charge in [-0.25, -0.2) is 4.98 Å². The van der Waals surface area contributed by atoms with E-state index in [2.05, 4.69) is 28.8 Å². The van der Waals surface area contributed by atoms with Crippen molar-refractivity contribution in [3.8, 4) is 0 Å². The van der Waals surface area contributed by atoms with E-state index < -0.39 is 0 Å². The van der Waals surface area contributed by atoms with Crippen LogP contribution in [0.15, 0.2) is 6.07 Å². The lowest BCUT2D eigenvalue weighted by Crippen LogP contribution is -2.39. The lowest BCUT2D eigenvalue weighted by atomic mass is 10.1. The summed E-state index contributed by atoms with van der Waals surface area (Å²) in [5, 5.41) is 7.84. The van der Waals surface area contributed by atoms with Crippen molar-refractivity contribution < 1.29 is 0 Å². The fourth-order valence-electron chi connectivity index (χ4n) is 3.35. The number of hydrogen-bond donors (Lipinski definition) is 2. The first-order chi connectivity index (χ1) is 9.93. The Bertz CT molecular complexity index is 526. The van der Waals surface area contributed by atoms with Crippen molar-refractivity contribution >= 4 is 11.7 Å². The topological polar surface area (TPSA) is 69.2 Å². The van der Waals surface area contributed by atoms with Gasteiger partial charge in [0.25, 0.3) is 0 Å². The zero-order valence-corrected chi connectivity index (χ0v) is 13.6. The summed E-state index contributed by atoms with van der Waals surface area (Å²) in [4.78, 5) is 9.32. The van der Waals surface area contributed by atoms with Crippen molar-refractivity contribution in [2.75, 3.05) is 31.6 Å². The van der Waals surface area contributed by atoms with E-state index in [1.54, 1.807) is 0 Å². The summed E-state index contributed by atoms with van der Waals surface area (Å²) in [5.41, 5.74) is 8.53. The maximum atomic E-state index is 7.84. The number of aryl methyl sites for hydroxylation is 2. The Morgan fingerprint density at radius 1 is 1.52 bits per heavy atom. The third-order valence-electron chi connectivity index (χ3n) is 4.35. The molecule has 0 spiro atoms. The van der Waals surface area contributed by atoms with Crippen LogP contribution >= 0.6 is 0 Å². The normalized spacial score (nSPS) is 19.0. The predicted molar refractivity (Wildman–Crippen MR) is 88.3 cm³/mol. The van der Waals surface area contributed by atoms with Crippen LogP contribution in [-0.2, 0) is 0 Å². The summed E-state index contributed by atoms with van der Waals surface area (Å²) in [6.07, 6.45) is 2.50. The van der Waals surface area contributed by atoms with E-state index in [9.17, 15) is 0 Å². The monoisotopic (exact) mass is 289 g/mol. The van der Waals surface area contributed by atoms with E-state index in [1.807, 2.05) is 19.9 Å². The highest BCUT2D eigenvalue weighted by molar-refractivity contribution is 6.01. The molecule has 0 aromatic carbocycles. The number of nitrogens with one attached hydrogen (secondary N) is 1. The number of rotatable bonds is 5. The molecule has 2 rings (SSSR count). The van der Waals surface area contributed by atoms with Gasteiger partial charge in [-0.2, -0.15) is 0 Å². The Kier molecular flexibility index (Phi) is 4.83. The van der Waals surface area contributed by atoms with Gasteiger partial charge < -0.3 is 10.6 Å². The van der Waals surface area contributed by atoms with Gasteiger partial charge in [0.05, 0.1) is 5.56 Å². The highest BCUT2D eigenvalue weighted by Gasteiger charge is 2.25. The summed E-state index contributed by atoms with van der Waals surface area (Å²) >= 11 is 0. The minimum absolute atomic E-state index is 0.0978. The molecular weight excluding hydrogens is 262 g/mol. The zero-order chi connectivity index (χ0) is 15.6. The maximum Gasteiger partial charge on any atom is 0.139 e. The van der Waals surface area contributed by atoms with E-state index in [0.717, 1.165) is 35.7 Å². The molecule has 1 fully saturated rings. The molecule has 1 unspecified atom stereocenters. The highest BCUT2D eigenvalue weighted by atomic mass is 15.2. The van der Waals surface area contributed by atoms with Gasteiger partial charge in [0, 0.05) is 25.3 Å². The Balaban J connectivity index is 2.26. The van der Waals surface area contributed by atoms with Gasteiger partial charge >= 0.3 is 0 Å². The number of likely N-dealkylation sites (N-methyl/N-ethyl adjacent to an activating group) is 2. The van der Waals surface area contributed by atoms with Crippen molar-refractivity contribution in [2.24, 2.45) is 5.73 Å². The first kappa shape index (κ1) is 15.8. The number of aromatic nitrogens is 1. The van der Waals surface area contributed by atoms with Crippen molar-refractivity contribution in [1.29, 1.82) is 5.41 Å². The second kappa shape index (κ2) is 6.43. The Labute approximate surface area is 127 Å². The quantitative estimate of drug-likeness (QED) is 0.641. The van der Waals surface area contributed by atoms with Crippen LogP contribution in [0, 0.1) is 19.3 Å². The Morgan fingerprint density at radius 3 is 2.86 bits per heavy atom. The molecule has 1 aromatic rings. The number of nitrogen functional groups attached to an aromatic ring is 1. The minimum atomic E-state index is 0.0978. The van der Waals surface area contributed by atoms with Crippen LogP contribution in [0.2, 0.25) is 0 Å². The minimum Gasteiger partial charge on any atom is -0.384 e. The SMILES string of the molecule is CCN1CCCC1CN(C)c1nc(C)cc(C)c1C(=N)N. The molecule has 1 atom stereocenters. The number of likely N-dealkylation sites (tertiary alicyclic amines) is 1. The average molecular weight is 289 g/mol. The molecular formula is C16H27N5. The van der Waals surface area contributed by atoms with Gasteiger partial charge in [-0.05, 0) is 51.4 Å². The second-order valence-corrected chi connectivity index (χ2v) is 6.00. The van der Waals surface area contributed by atoms with Gasteiger partial charge in [0.15, 0.2) is 0 Å². The molecule has 116 valence electrons. The van der Waals surface area contributed by atoms with E-state index in [4.69, 9.17) is 11.1 Å². The summed E-state index contributed by atoms with van der Waals surface area (Å²) in [6, 6.07) is 2.56. The molecule has 1 aliphatic rings. The molecule has 5 heteroatoms. The zero-order valence-electron chi connectivity index (χ0n) is 13.6. The largest absolute Gasteiger partial charge is 0.384 e. The van der Waals surface area contributed by atoms with Crippen LogP contribution in [0.5, 0.6) is 0 Å². The number of nitrogens with zero attached hydrogens (tertiary/aromatic N) is 3. The molecule has 5 nitrogen and oxygen atoms in total. The summed E-state index contributed by atoms with van der Waals surface area (Å²) in [7, 11) is 2.06. The van der Waals surface area contributed by atoms with Crippen LogP contribution in [-0.4, -0.2) is 48.4 Å². The van der Waals surface area contributed by atoms with Gasteiger partial charge in [0.1, 0.15) is 11.7 Å². The van der Waals surface area contributed by atoms with Gasteiger partial charge in [-0.3, -0.25) is 10.3 Å². The number of hydrogen-bond acceptors (Lipinski definition) is 4. The molecule has 0 aliphatic carbocycles. The molecule has 0 bridgehead atoms. The van der Waals surface area contributed by atoms with Crippen molar-refractivity contribution in [3.05, 3.63) is 22.9 Å². The molecule has 0 amide bonds. The molecule has 21 heavy (non-hydrogen) atoms. The number of anilines is 1. The Morgan fingerprint density at radius 2 is 2.24 bits per heavy atom. The number of pyridine rings is 1. The van der Waals surface area contributed by atoms with Crippen molar-refractivity contribution in [2.45, 2.75) is 39.7 Å². The van der Waals surface area contributed by atoms with Crippen LogP contribution < -0.4 is 10.6 Å². The second-order valence-electron chi connectivity index (χ2n) is 6.00.